The van der Waals surface area contributed by atoms with Crippen LogP contribution in [0, 0.1) is 6.92 Å². The lowest BCUT2D eigenvalue weighted by molar-refractivity contribution is 0.0954. The second kappa shape index (κ2) is 8.31. The van der Waals surface area contributed by atoms with Gasteiger partial charge in [-0.25, -0.2) is 5.43 Å². The van der Waals surface area contributed by atoms with E-state index in [1.54, 1.807) is 36.5 Å². The maximum absolute atomic E-state index is 12.2. The van der Waals surface area contributed by atoms with Crippen LogP contribution in [0.4, 0.5) is 5.69 Å². The van der Waals surface area contributed by atoms with Gasteiger partial charge in [-0.1, -0.05) is 17.7 Å². The summed E-state index contributed by atoms with van der Waals surface area (Å²) < 4.78 is 5.47. The second-order valence-corrected chi connectivity index (χ2v) is 6.33. The number of carbonyl (C=O) groups excluding carboxylic acids is 2. The molecule has 1 aliphatic rings. The van der Waals surface area contributed by atoms with Crippen LogP contribution in [0.3, 0.4) is 0 Å². The van der Waals surface area contributed by atoms with Gasteiger partial charge < -0.3 is 10.1 Å². The molecular weight excluding hydrogens is 342 g/mol. The molecule has 0 aliphatic carbocycles. The number of aryl methyl sites for hydroxylation is 1. The molecule has 6 heteroatoms. The molecule has 2 aromatic rings. The van der Waals surface area contributed by atoms with Crippen LogP contribution < -0.4 is 10.7 Å². The topological polar surface area (TPSA) is 79.8 Å². The third-order valence-corrected chi connectivity index (χ3v) is 4.07. The first-order valence-corrected chi connectivity index (χ1v) is 8.66. The third-order valence-electron chi connectivity index (χ3n) is 4.07. The van der Waals surface area contributed by atoms with Crippen molar-refractivity contribution in [2.45, 2.75) is 26.4 Å². The van der Waals surface area contributed by atoms with Gasteiger partial charge in [-0.05, 0) is 56.3 Å². The number of rotatable bonds is 5. The van der Waals surface area contributed by atoms with Gasteiger partial charge in [-0.3, -0.25) is 9.59 Å². The van der Waals surface area contributed by atoms with Crippen LogP contribution in [-0.2, 0) is 4.74 Å². The minimum atomic E-state index is -0.328. The standard InChI is InChI=1S/C21H21N3O3/c1-14-4-3-5-17(12-14)20(25)23-18-9-7-16(8-10-18)21(26)24-22-13-19-11-6-15(2)27-19/h3-10,12-13,19H,11H2,1-2H3,(H,23,25)(H,24,26)/b22-13+. The second-order valence-electron chi connectivity index (χ2n) is 6.33. The zero-order valence-corrected chi connectivity index (χ0v) is 15.2. The first-order valence-electron chi connectivity index (χ1n) is 8.66. The van der Waals surface area contributed by atoms with Crippen molar-refractivity contribution < 1.29 is 14.3 Å². The number of ether oxygens (including phenoxy) is 1. The molecule has 0 radical (unpaired) electrons. The monoisotopic (exact) mass is 363 g/mol. The normalized spacial score (nSPS) is 15.9. The van der Waals surface area contributed by atoms with E-state index in [0.717, 1.165) is 17.7 Å². The zero-order valence-electron chi connectivity index (χ0n) is 15.2. The van der Waals surface area contributed by atoms with Crippen LogP contribution in [0.1, 0.15) is 39.6 Å². The summed E-state index contributed by atoms with van der Waals surface area (Å²) in [5.41, 5.74) is 5.14. The molecule has 0 aromatic heterocycles. The SMILES string of the molecule is CC1=CCC(/C=N/NC(=O)c2ccc(NC(=O)c3cccc(C)c3)cc2)O1. The summed E-state index contributed by atoms with van der Waals surface area (Å²) in [5.74, 6) is 0.340. The fraction of sp³-hybridized carbons (Fsp3) is 0.190. The fourth-order valence-electron chi connectivity index (χ4n) is 2.65. The first-order chi connectivity index (χ1) is 13.0. The van der Waals surface area contributed by atoms with Gasteiger partial charge in [0.15, 0.2) is 0 Å². The van der Waals surface area contributed by atoms with E-state index in [-0.39, 0.29) is 17.9 Å². The molecule has 138 valence electrons. The average molecular weight is 363 g/mol. The van der Waals surface area contributed by atoms with E-state index < -0.39 is 0 Å². The Hall–Kier alpha value is -3.41. The van der Waals surface area contributed by atoms with Crippen molar-refractivity contribution in [3.63, 3.8) is 0 Å². The molecule has 1 atom stereocenters. The van der Waals surface area contributed by atoms with Gasteiger partial charge in [0.25, 0.3) is 11.8 Å². The molecule has 2 N–H and O–H groups in total. The van der Waals surface area contributed by atoms with Crippen molar-refractivity contribution in [2.75, 3.05) is 5.32 Å². The number of hydrogen-bond acceptors (Lipinski definition) is 4. The summed E-state index contributed by atoms with van der Waals surface area (Å²) in [7, 11) is 0. The highest BCUT2D eigenvalue weighted by atomic mass is 16.5. The third kappa shape index (κ3) is 5.04. The Bertz CT molecular complexity index is 901. The van der Waals surface area contributed by atoms with Crippen molar-refractivity contribution in [1.82, 2.24) is 5.43 Å². The minimum Gasteiger partial charge on any atom is -0.489 e. The van der Waals surface area contributed by atoms with Gasteiger partial charge in [0, 0.05) is 23.2 Å². The molecule has 0 spiro atoms. The Morgan fingerprint density at radius 1 is 1.07 bits per heavy atom. The molecule has 1 heterocycles. The van der Waals surface area contributed by atoms with Gasteiger partial charge in [0.2, 0.25) is 0 Å². The maximum atomic E-state index is 12.2. The number of anilines is 1. The number of amides is 2. The highest BCUT2D eigenvalue weighted by molar-refractivity contribution is 6.04. The minimum absolute atomic E-state index is 0.135. The number of carbonyl (C=O) groups is 2. The highest BCUT2D eigenvalue weighted by Gasteiger charge is 2.13. The quantitative estimate of drug-likeness (QED) is 0.628. The summed E-state index contributed by atoms with van der Waals surface area (Å²) in [6, 6.07) is 14.0. The van der Waals surface area contributed by atoms with E-state index in [1.807, 2.05) is 38.1 Å². The number of nitrogens with zero attached hydrogens (tertiary/aromatic N) is 1. The van der Waals surface area contributed by atoms with E-state index in [0.29, 0.717) is 16.8 Å². The van der Waals surface area contributed by atoms with Crippen LogP contribution in [-0.4, -0.2) is 24.1 Å². The van der Waals surface area contributed by atoms with Gasteiger partial charge >= 0.3 is 0 Å². The number of hydrazone groups is 1. The van der Waals surface area contributed by atoms with E-state index in [2.05, 4.69) is 15.8 Å². The van der Waals surface area contributed by atoms with Crippen LogP contribution in [0.15, 0.2) is 65.5 Å². The Labute approximate surface area is 157 Å². The van der Waals surface area contributed by atoms with Crippen LogP contribution in [0.5, 0.6) is 0 Å². The lowest BCUT2D eigenvalue weighted by atomic mass is 10.1. The molecule has 2 aromatic carbocycles. The van der Waals surface area contributed by atoms with Gasteiger partial charge in [0.1, 0.15) is 6.10 Å². The van der Waals surface area contributed by atoms with Crippen molar-refractivity contribution in [2.24, 2.45) is 5.10 Å². The molecule has 6 nitrogen and oxygen atoms in total. The summed E-state index contributed by atoms with van der Waals surface area (Å²) >= 11 is 0. The van der Waals surface area contributed by atoms with Crippen molar-refractivity contribution in [3.05, 3.63) is 77.1 Å². The van der Waals surface area contributed by atoms with Crippen molar-refractivity contribution >= 4 is 23.7 Å². The zero-order chi connectivity index (χ0) is 19.2. The lowest BCUT2D eigenvalue weighted by Crippen LogP contribution is -2.20. The molecule has 3 rings (SSSR count). The van der Waals surface area contributed by atoms with Gasteiger partial charge in [0.05, 0.1) is 12.0 Å². The van der Waals surface area contributed by atoms with Crippen LogP contribution >= 0.6 is 0 Å². The summed E-state index contributed by atoms with van der Waals surface area (Å²) in [4.78, 5) is 24.4. The van der Waals surface area contributed by atoms with Gasteiger partial charge in [-0.15, -0.1) is 0 Å². The van der Waals surface area contributed by atoms with E-state index in [1.165, 1.54) is 0 Å². The number of allylic oxidation sites excluding steroid dienone is 1. The molecule has 0 fully saturated rings. The Morgan fingerprint density at radius 3 is 2.52 bits per heavy atom. The van der Waals surface area contributed by atoms with E-state index >= 15 is 0 Å². The van der Waals surface area contributed by atoms with Crippen LogP contribution in [0.25, 0.3) is 0 Å². The predicted octanol–water partition coefficient (Wildman–Crippen LogP) is 3.66. The average Bonchev–Trinajstić information content (AvgIpc) is 3.07. The number of benzene rings is 2. The predicted molar refractivity (Wildman–Crippen MR) is 105 cm³/mol. The maximum Gasteiger partial charge on any atom is 0.271 e. The Kier molecular flexibility index (Phi) is 5.66. The molecule has 0 saturated heterocycles. The van der Waals surface area contributed by atoms with Gasteiger partial charge in [-0.2, -0.15) is 5.10 Å². The summed E-state index contributed by atoms with van der Waals surface area (Å²) in [6.07, 6.45) is 4.16. The van der Waals surface area contributed by atoms with Crippen LogP contribution in [0.2, 0.25) is 0 Å². The summed E-state index contributed by atoms with van der Waals surface area (Å²) in [5, 5.41) is 6.74. The number of hydrogen-bond donors (Lipinski definition) is 2. The molecule has 2 amide bonds. The van der Waals surface area contributed by atoms with Crippen molar-refractivity contribution in [1.29, 1.82) is 0 Å². The first kappa shape index (κ1) is 18.4. The van der Waals surface area contributed by atoms with E-state index in [9.17, 15) is 9.59 Å². The smallest absolute Gasteiger partial charge is 0.271 e. The largest absolute Gasteiger partial charge is 0.489 e. The van der Waals surface area contributed by atoms with Crippen molar-refractivity contribution in [3.8, 4) is 0 Å². The molecule has 0 saturated carbocycles. The van der Waals surface area contributed by atoms with E-state index in [4.69, 9.17) is 4.74 Å². The lowest BCUT2D eigenvalue weighted by Gasteiger charge is -2.07. The molecule has 1 unspecified atom stereocenters. The Balaban J connectivity index is 1.54. The molecular formula is C21H21N3O3. The molecule has 0 bridgehead atoms. The Morgan fingerprint density at radius 2 is 1.85 bits per heavy atom. The summed E-state index contributed by atoms with van der Waals surface area (Å²) in [6.45, 7) is 3.81. The molecule has 1 aliphatic heterocycles. The number of nitrogens with one attached hydrogen (secondary N) is 2. The fourth-order valence-corrected chi connectivity index (χ4v) is 2.65. The highest BCUT2D eigenvalue weighted by Crippen LogP contribution is 2.14. The molecule has 27 heavy (non-hydrogen) atoms.